The van der Waals surface area contributed by atoms with Gasteiger partial charge in [0.15, 0.2) is 0 Å². The summed E-state index contributed by atoms with van der Waals surface area (Å²) in [4.78, 5) is 15.8. The van der Waals surface area contributed by atoms with Gasteiger partial charge in [0.2, 0.25) is 0 Å². The monoisotopic (exact) mass is 302 g/mol. The van der Waals surface area contributed by atoms with Crippen LogP contribution in [0.1, 0.15) is 10.4 Å². The number of benzene rings is 2. The van der Waals surface area contributed by atoms with Crippen LogP contribution in [0.2, 0.25) is 0 Å². The number of aromatic nitrogens is 1. The number of para-hydroxylation sites is 1. The number of aromatic carboxylic acids is 1. The molecule has 1 heterocycles. The Hall–Kier alpha value is -1.24. The molecule has 0 atom stereocenters. The van der Waals surface area contributed by atoms with E-state index in [2.05, 4.69) is 4.98 Å². The zero-order valence-electron chi connectivity index (χ0n) is 11.5. The summed E-state index contributed by atoms with van der Waals surface area (Å²) in [5.41, 5.74) is 8.46. The number of rotatable bonds is 2. The van der Waals surface area contributed by atoms with E-state index in [9.17, 15) is 9.90 Å². The van der Waals surface area contributed by atoms with E-state index in [1.165, 1.54) is 6.07 Å². The minimum absolute atomic E-state index is 0. The van der Waals surface area contributed by atoms with Crippen LogP contribution >= 0.6 is 0 Å². The second kappa shape index (κ2) is 6.68. The van der Waals surface area contributed by atoms with Gasteiger partial charge in [0.25, 0.3) is 0 Å². The first kappa shape index (κ1) is 16.1. The minimum atomic E-state index is -1.21. The average Bonchev–Trinajstić information content (AvgIpc) is 2.46. The van der Waals surface area contributed by atoms with E-state index in [1.807, 2.05) is 18.2 Å². The van der Waals surface area contributed by atoms with E-state index in [4.69, 9.17) is 5.73 Å². The number of hydrogen-bond donors (Lipinski definition) is 1. The van der Waals surface area contributed by atoms with Gasteiger partial charge >= 0.3 is 51.4 Å². The molecule has 4 nitrogen and oxygen atoms in total. The molecule has 0 aliphatic rings. The second-order valence-corrected chi connectivity index (χ2v) is 4.48. The van der Waals surface area contributed by atoms with Gasteiger partial charge < -0.3 is 15.6 Å². The summed E-state index contributed by atoms with van der Waals surface area (Å²) in [5, 5.41) is 11.9. The number of carboxylic acid groups (broad SMARTS) is 1. The largest absolute Gasteiger partial charge is 1.00 e. The van der Waals surface area contributed by atoms with Crippen LogP contribution in [-0.2, 0) is 0 Å². The Morgan fingerprint density at radius 3 is 2.38 bits per heavy atom. The maximum absolute atomic E-state index is 11.3. The molecule has 0 unspecified atom stereocenters. The summed E-state index contributed by atoms with van der Waals surface area (Å²) in [7, 11) is 0. The molecule has 0 bridgehead atoms. The molecule has 98 valence electrons. The number of hydrogen-bond acceptors (Lipinski definition) is 4. The first-order valence-corrected chi connectivity index (χ1v) is 6.12. The Morgan fingerprint density at radius 2 is 1.71 bits per heavy atom. The van der Waals surface area contributed by atoms with E-state index in [0.29, 0.717) is 22.3 Å². The van der Waals surface area contributed by atoms with E-state index in [-0.39, 0.29) is 56.9 Å². The molecule has 2 aromatic carbocycles. The molecule has 0 saturated heterocycles. The molecule has 0 aliphatic carbocycles. The zero-order valence-corrected chi connectivity index (χ0v) is 14.7. The normalized spacial score (nSPS) is 10.1. The molecule has 5 heteroatoms. The zero-order chi connectivity index (χ0) is 14.1. The van der Waals surface area contributed by atoms with Crippen molar-refractivity contribution < 1.29 is 61.3 Å². The Labute approximate surface area is 164 Å². The molecule has 0 amide bonds. The third-order valence-electron chi connectivity index (χ3n) is 3.14. The van der Waals surface area contributed by atoms with Crippen LogP contribution in [0.5, 0.6) is 0 Å². The van der Waals surface area contributed by atoms with Gasteiger partial charge in [-0.05, 0) is 24.3 Å². The van der Waals surface area contributed by atoms with Crippen LogP contribution in [0.4, 0.5) is 5.69 Å². The molecule has 0 fully saturated rings. The number of carbonyl (C=O) groups excluding carboxylic acids is 1. The third kappa shape index (κ3) is 3.33. The van der Waals surface area contributed by atoms with E-state index in [0.717, 1.165) is 5.56 Å². The molecule has 21 heavy (non-hydrogen) atoms. The van der Waals surface area contributed by atoms with Crippen molar-refractivity contribution >= 4 is 22.6 Å². The molecular weight excluding hydrogens is 291 g/mol. The molecular formula is C16H11KN2O2. The van der Waals surface area contributed by atoms with Crippen LogP contribution in [0, 0.1) is 0 Å². The predicted molar refractivity (Wildman–Crippen MR) is 75.9 cm³/mol. The Kier molecular flexibility index (Phi) is 5.13. The first-order chi connectivity index (χ1) is 9.65. The average molecular weight is 302 g/mol. The Morgan fingerprint density at radius 1 is 1.05 bits per heavy atom. The molecule has 2 N–H and O–H groups in total. The third-order valence-corrected chi connectivity index (χ3v) is 3.14. The van der Waals surface area contributed by atoms with E-state index >= 15 is 0 Å². The van der Waals surface area contributed by atoms with Crippen molar-refractivity contribution in [2.75, 3.05) is 5.73 Å². The fraction of sp³-hybridized carbons (Fsp3) is 0. The van der Waals surface area contributed by atoms with Gasteiger partial charge in [-0.1, -0.05) is 30.3 Å². The maximum atomic E-state index is 11.3. The number of nitrogen functional groups attached to an aromatic ring is 1. The fourth-order valence-electron chi connectivity index (χ4n) is 2.15. The molecule has 1 aromatic heterocycles. The minimum Gasteiger partial charge on any atom is -0.545 e. The van der Waals surface area contributed by atoms with Gasteiger partial charge in [-0.25, -0.2) is 4.98 Å². The number of nitrogens with two attached hydrogens (primary N) is 1. The van der Waals surface area contributed by atoms with Gasteiger partial charge in [-0.2, -0.15) is 0 Å². The van der Waals surface area contributed by atoms with E-state index < -0.39 is 5.97 Å². The maximum Gasteiger partial charge on any atom is 1.00 e. The first-order valence-electron chi connectivity index (χ1n) is 6.12. The van der Waals surface area contributed by atoms with Gasteiger partial charge in [-0.15, -0.1) is 0 Å². The van der Waals surface area contributed by atoms with Crippen molar-refractivity contribution in [3.05, 3.63) is 60.2 Å². The summed E-state index contributed by atoms with van der Waals surface area (Å²) in [6.07, 6.45) is 0. The van der Waals surface area contributed by atoms with Crippen molar-refractivity contribution in [2.24, 2.45) is 0 Å². The summed E-state index contributed by atoms with van der Waals surface area (Å²) in [6.45, 7) is 0. The number of anilines is 1. The molecule has 0 aliphatic heterocycles. The molecule has 0 radical (unpaired) electrons. The molecule has 0 spiro atoms. The molecule has 0 saturated carbocycles. The SMILES string of the molecule is Nc1ccc(-c2cc(C(=O)[O-])c3ccccc3n2)cc1.[K+]. The van der Waals surface area contributed by atoms with Gasteiger partial charge in [0.1, 0.15) is 0 Å². The molecule has 3 rings (SSSR count). The number of fused-ring (bicyclic) bond motifs is 1. The number of nitrogens with zero attached hydrogens (tertiary/aromatic N) is 1. The van der Waals surface area contributed by atoms with Crippen molar-refractivity contribution in [2.45, 2.75) is 0 Å². The predicted octanol–water partition coefficient (Wildman–Crippen LogP) is -1.15. The smallest absolute Gasteiger partial charge is 0.545 e. The number of carboxylic acids is 1. The standard InChI is InChI=1S/C16H12N2O2.K/c17-11-7-5-10(6-8-11)15-9-13(16(19)20)12-3-1-2-4-14(12)18-15;/h1-9H,17H2,(H,19,20);/q;+1/p-1. The Balaban J connectivity index is 0.00000161. The fourth-order valence-corrected chi connectivity index (χ4v) is 2.15. The second-order valence-electron chi connectivity index (χ2n) is 4.48. The van der Waals surface area contributed by atoms with E-state index in [1.54, 1.807) is 30.3 Å². The summed E-state index contributed by atoms with van der Waals surface area (Å²) in [5.74, 6) is -1.21. The summed E-state index contributed by atoms with van der Waals surface area (Å²) in [6, 6.07) is 15.8. The van der Waals surface area contributed by atoms with Gasteiger partial charge in [-0.3, -0.25) is 0 Å². The number of carbonyl (C=O) groups is 1. The summed E-state index contributed by atoms with van der Waals surface area (Å²) >= 11 is 0. The van der Waals surface area contributed by atoms with Crippen molar-refractivity contribution in [3.63, 3.8) is 0 Å². The van der Waals surface area contributed by atoms with Crippen LogP contribution in [0.15, 0.2) is 54.6 Å². The summed E-state index contributed by atoms with van der Waals surface area (Å²) < 4.78 is 0. The topological polar surface area (TPSA) is 79.0 Å². The quantitative estimate of drug-likeness (QED) is 0.479. The van der Waals surface area contributed by atoms with Crippen molar-refractivity contribution in [1.82, 2.24) is 4.98 Å². The Bertz CT molecular complexity index is 801. The van der Waals surface area contributed by atoms with Crippen LogP contribution in [-0.4, -0.2) is 11.0 Å². The van der Waals surface area contributed by atoms with Gasteiger partial charge in [0.05, 0.1) is 17.2 Å². The van der Waals surface area contributed by atoms with Crippen molar-refractivity contribution in [1.29, 1.82) is 0 Å². The van der Waals surface area contributed by atoms with Crippen LogP contribution in [0.3, 0.4) is 0 Å². The van der Waals surface area contributed by atoms with Crippen LogP contribution < -0.4 is 62.2 Å². The molecule has 3 aromatic rings. The van der Waals surface area contributed by atoms with Gasteiger partial charge in [0, 0.05) is 22.2 Å². The van der Waals surface area contributed by atoms with Crippen LogP contribution in [0.25, 0.3) is 22.2 Å². The van der Waals surface area contributed by atoms with Crippen molar-refractivity contribution in [3.8, 4) is 11.3 Å². The number of pyridine rings is 1.